The van der Waals surface area contributed by atoms with Crippen LogP contribution in [-0.4, -0.2) is 33.8 Å². The number of amides is 4. The van der Waals surface area contributed by atoms with Crippen LogP contribution >= 0.6 is 0 Å². The number of imide groups is 2. The number of rotatable bonds is 3. The van der Waals surface area contributed by atoms with Crippen LogP contribution in [0.1, 0.15) is 25.0 Å². The normalized spacial score (nSPS) is 15.9. The van der Waals surface area contributed by atoms with Gasteiger partial charge in [0.25, 0.3) is 0 Å². The lowest BCUT2D eigenvalue weighted by Gasteiger charge is -2.33. The van der Waals surface area contributed by atoms with Crippen molar-refractivity contribution >= 4 is 23.8 Å². The van der Waals surface area contributed by atoms with E-state index in [0.29, 0.717) is 16.2 Å². The molecule has 7 heteroatoms. The molecule has 1 fully saturated rings. The Bertz CT molecular complexity index is 840. The van der Waals surface area contributed by atoms with Crippen molar-refractivity contribution in [1.29, 1.82) is 0 Å². The highest BCUT2D eigenvalue weighted by atomic mass is 16.7. The van der Waals surface area contributed by atoms with E-state index in [0.717, 1.165) is 11.8 Å². The lowest BCUT2D eigenvalue weighted by atomic mass is 9.81. The van der Waals surface area contributed by atoms with Crippen LogP contribution < -0.4 is 0 Å². The highest BCUT2D eigenvalue weighted by Crippen LogP contribution is 2.43. The van der Waals surface area contributed by atoms with Crippen LogP contribution in [0.2, 0.25) is 0 Å². The molecule has 0 atom stereocenters. The first-order valence-corrected chi connectivity index (χ1v) is 7.89. The first kappa shape index (κ1) is 17.3. The molecule has 0 bridgehead atoms. The Kier molecular flexibility index (Phi) is 4.29. The van der Waals surface area contributed by atoms with Crippen molar-refractivity contribution in [2.45, 2.75) is 19.4 Å². The van der Waals surface area contributed by atoms with Crippen molar-refractivity contribution in [3.05, 3.63) is 71.8 Å². The van der Waals surface area contributed by atoms with Gasteiger partial charge in [-0.3, -0.25) is 9.59 Å². The van der Waals surface area contributed by atoms with Crippen molar-refractivity contribution in [1.82, 2.24) is 9.96 Å². The molecule has 1 saturated heterocycles. The molecule has 4 amide bonds. The van der Waals surface area contributed by atoms with Gasteiger partial charge in [-0.25, -0.2) is 14.5 Å². The first-order valence-electron chi connectivity index (χ1n) is 7.89. The van der Waals surface area contributed by atoms with Crippen molar-refractivity contribution in [3.63, 3.8) is 0 Å². The third-order valence-electron chi connectivity index (χ3n) is 4.11. The van der Waals surface area contributed by atoms with Crippen LogP contribution in [0, 0.1) is 0 Å². The Balaban J connectivity index is 2.34. The van der Waals surface area contributed by atoms with E-state index in [9.17, 15) is 19.2 Å². The predicted molar refractivity (Wildman–Crippen MR) is 90.2 cm³/mol. The number of benzene rings is 2. The lowest BCUT2D eigenvalue weighted by molar-refractivity contribution is -0.182. The topological polar surface area (TPSA) is 84.0 Å². The van der Waals surface area contributed by atoms with Crippen molar-refractivity contribution < 1.29 is 24.0 Å². The molecule has 2 aromatic rings. The summed E-state index contributed by atoms with van der Waals surface area (Å²) in [7, 11) is 0. The van der Waals surface area contributed by atoms with Crippen molar-refractivity contribution in [3.8, 4) is 0 Å². The van der Waals surface area contributed by atoms with Crippen LogP contribution in [0.15, 0.2) is 60.7 Å². The molecule has 0 aliphatic carbocycles. The maximum Gasteiger partial charge on any atom is 0.369 e. The fourth-order valence-corrected chi connectivity index (χ4v) is 3.17. The third-order valence-corrected chi connectivity index (χ3v) is 4.11. The van der Waals surface area contributed by atoms with E-state index in [-0.39, 0.29) is 0 Å². The Labute approximate surface area is 149 Å². The van der Waals surface area contributed by atoms with E-state index in [1.54, 1.807) is 60.7 Å². The van der Waals surface area contributed by atoms with Gasteiger partial charge in [0, 0.05) is 13.8 Å². The molecule has 0 saturated carbocycles. The molecule has 0 N–H and O–H groups in total. The molecule has 1 heterocycles. The van der Waals surface area contributed by atoms with Gasteiger partial charge in [0.1, 0.15) is 0 Å². The highest BCUT2D eigenvalue weighted by Gasteiger charge is 2.63. The second-order valence-corrected chi connectivity index (χ2v) is 5.76. The Morgan fingerprint density at radius 3 is 1.69 bits per heavy atom. The predicted octanol–water partition coefficient (Wildman–Crippen LogP) is 2.22. The smallest absolute Gasteiger partial charge is 0.329 e. The van der Waals surface area contributed by atoms with Gasteiger partial charge in [-0.15, -0.1) is 0 Å². The molecule has 0 spiro atoms. The van der Waals surface area contributed by atoms with Crippen LogP contribution in [0.3, 0.4) is 0 Å². The monoisotopic (exact) mass is 352 g/mol. The summed E-state index contributed by atoms with van der Waals surface area (Å²) in [6.07, 6.45) is 0. The molecule has 132 valence electrons. The maximum atomic E-state index is 13.3. The van der Waals surface area contributed by atoms with E-state index < -0.39 is 29.4 Å². The van der Waals surface area contributed by atoms with Crippen molar-refractivity contribution in [2.75, 3.05) is 0 Å². The maximum absolute atomic E-state index is 13.3. The van der Waals surface area contributed by atoms with Crippen LogP contribution in [0.25, 0.3) is 0 Å². The van der Waals surface area contributed by atoms with E-state index in [2.05, 4.69) is 0 Å². The summed E-state index contributed by atoms with van der Waals surface area (Å²) in [5, 5.41) is 0.351. The molecule has 0 radical (unpaired) electrons. The molecular weight excluding hydrogens is 336 g/mol. The zero-order valence-corrected chi connectivity index (χ0v) is 14.2. The van der Waals surface area contributed by atoms with Gasteiger partial charge < -0.3 is 4.84 Å². The van der Waals surface area contributed by atoms with E-state index in [1.165, 1.54) is 6.92 Å². The minimum atomic E-state index is -1.75. The number of carbonyl (C=O) groups is 4. The second-order valence-electron chi connectivity index (χ2n) is 5.76. The summed E-state index contributed by atoms with van der Waals surface area (Å²) in [6, 6.07) is 15.9. The number of carbonyl (C=O) groups excluding carboxylic acids is 4. The molecule has 1 aliphatic heterocycles. The summed E-state index contributed by atoms with van der Waals surface area (Å²) in [4.78, 5) is 55.5. The second kappa shape index (κ2) is 6.44. The highest BCUT2D eigenvalue weighted by molar-refractivity contribution is 6.15. The summed E-state index contributed by atoms with van der Waals surface area (Å²) < 4.78 is 0. The average molecular weight is 352 g/mol. The molecule has 0 aromatic heterocycles. The van der Waals surface area contributed by atoms with Gasteiger partial charge in [0.05, 0.1) is 0 Å². The van der Waals surface area contributed by atoms with E-state index in [1.807, 2.05) is 0 Å². The molecule has 0 unspecified atom stereocenters. The minimum absolute atomic E-state index is 0.351. The fourth-order valence-electron chi connectivity index (χ4n) is 3.17. The van der Waals surface area contributed by atoms with Gasteiger partial charge >= 0.3 is 17.9 Å². The number of hydroxylamine groups is 2. The number of urea groups is 1. The van der Waals surface area contributed by atoms with Crippen LogP contribution in [0.4, 0.5) is 4.79 Å². The third kappa shape index (κ3) is 2.45. The number of hydrogen-bond acceptors (Lipinski definition) is 5. The minimum Gasteiger partial charge on any atom is -0.329 e. The summed E-state index contributed by atoms with van der Waals surface area (Å²) >= 11 is 0. The summed E-state index contributed by atoms with van der Waals surface area (Å²) in [6.45, 7) is 2.26. The summed E-state index contributed by atoms with van der Waals surface area (Å²) in [5.41, 5.74) is -0.926. The Hall–Kier alpha value is -3.48. The molecular formula is C19H16N2O5. The van der Waals surface area contributed by atoms with E-state index >= 15 is 0 Å². The molecule has 1 aliphatic rings. The van der Waals surface area contributed by atoms with Gasteiger partial charge in [0.2, 0.25) is 5.91 Å². The standard InChI is InChI=1S/C19H16N2O5/c1-13(22)20-18(25)21(26-14(2)23)17(24)19(20,15-9-5-3-6-10-15)16-11-7-4-8-12-16/h3-12H,1-2H3. The van der Waals surface area contributed by atoms with Crippen LogP contribution in [-0.2, 0) is 24.8 Å². The molecule has 7 nitrogen and oxygen atoms in total. The van der Waals surface area contributed by atoms with Gasteiger partial charge in [0.15, 0.2) is 5.54 Å². The van der Waals surface area contributed by atoms with E-state index in [4.69, 9.17) is 4.84 Å². The number of nitrogens with zero attached hydrogens (tertiary/aromatic N) is 2. The molecule has 26 heavy (non-hydrogen) atoms. The first-order chi connectivity index (χ1) is 12.4. The zero-order chi connectivity index (χ0) is 18.9. The SMILES string of the molecule is CC(=O)ON1C(=O)N(C(C)=O)C(c2ccccc2)(c2ccccc2)C1=O. The Morgan fingerprint density at radius 1 is 0.846 bits per heavy atom. The Morgan fingerprint density at radius 2 is 1.31 bits per heavy atom. The van der Waals surface area contributed by atoms with Gasteiger partial charge in [-0.2, -0.15) is 0 Å². The van der Waals surface area contributed by atoms with Crippen LogP contribution in [0.5, 0.6) is 0 Å². The number of hydrogen-bond donors (Lipinski definition) is 0. The summed E-state index contributed by atoms with van der Waals surface area (Å²) in [5.74, 6) is -2.32. The van der Waals surface area contributed by atoms with Gasteiger partial charge in [-0.05, 0) is 11.1 Å². The van der Waals surface area contributed by atoms with Gasteiger partial charge in [-0.1, -0.05) is 65.7 Å². The van der Waals surface area contributed by atoms with Crippen molar-refractivity contribution in [2.24, 2.45) is 0 Å². The fraction of sp³-hybridized carbons (Fsp3) is 0.158. The molecule has 3 rings (SSSR count). The molecule has 2 aromatic carbocycles. The quantitative estimate of drug-likeness (QED) is 0.791. The lowest BCUT2D eigenvalue weighted by Crippen LogP contribution is -2.50. The largest absolute Gasteiger partial charge is 0.369 e. The average Bonchev–Trinajstić information content (AvgIpc) is 2.85. The zero-order valence-electron chi connectivity index (χ0n) is 14.2.